The van der Waals surface area contributed by atoms with Crippen molar-refractivity contribution in [2.45, 2.75) is 43.6 Å². The van der Waals surface area contributed by atoms with E-state index in [1.54, 1.807) is 0 Å². The van der Waals surface area contributed by atoms with Crippen LogP contribution in [0.15, 0.2) is 0 Å². The summed E-state index contributed by atoms with van der Waals surface area (Å²) in [6.07, 6.45) is 1.37. The Bertz CT molecular complexity index is 118. The molecule has 0 aliphatic carbocycles. The monoisotopic (exact) mass is 226 g/mol. The van der Waals surface area contributed by atoms with Crippen molar-refractivity contribution >= 4 is 37.6 Å². The molecule has 1 rings (SSSR count). The largest absolute Gasteiger partial charge is 0.250 e. The van der Waals surface area contributed by atoms with E-state index >= 15 is 0 Å². The van der Waals surface area contributed by atoms with Crippen LogP contribution in [0.2, 0.25) is 30.2 Å². The summed E-state index contributed by atoms with van der Waals surface area (Å²) in [6.45, 7) is 0.603. The molecule has 0 spiro atoms. The van der Waals surface area contributed by atoms with Gasteiger partial charge in [0.1, 0.15) is 0 Å². The molecular weight excluding hydrogens is 211 g/mol. The van der Waals surface area contributed by atoms with Crippen molar-refractivity contribution in [2.75, 3.05) is 0 Å². The smallest absolute Gasteiger partial charge is 0.146 e. The van der Waals surface area contributed by atoms with Crippen LogP contribution < -0.4 is 0 Å². The zero-order valence-corrected chi connectivity index (χ0v) is 10.7. The van der Waals surface area contributed by atoms with Gasteiger partial charge in [0.05, 0.1) is 0 Å². The van der Waals surface area contributed by atoms with Gasteiger partial charge < -0.3 is 0 Å². The number of rotatable bonds is 2. The summed E-state index contributed by atoms with van der Waals surface area (Å²) in [5, 5.41) is 0. The molecule has 1 saturated heterocycles. The van der Waals surface area contributed by atoms with Gasteiger partial charge in [0.15, 0.2) is 0 Å². The SMILES string of the molecule is CCC[SiH]1CC[Si](Cl)(Cl)CC1. The Morgan fingerprint density at radius 1 is 1.27 bits per heavy atom. The van der Waals surface area contributed by atoms with Crippen LogP contribution in [0.4, 0.5) is 0 Å². The summed E-state index contributed by atoms with van der Waals surface area (Å²) >= 11 is 12.3. The van der Waals surface area contributed by atoms with E-state index in [2.05, 4.69) is 6.92 Å². The van der Waals surface area contributed by atoms with E-state index in [0.29, 0.717) is 0 Å². The average Bonchev–Trinajstić information content (AvgIpc) is 1.94. The number of halogens is 2. The van der Waals surface area contributed by atoms with Gasteiger partial charge in [-0.1, -0.05) is 31.5 Å². The minimum Gasteiger partial charge on any atom is -0.146 e. The molecule has 66 valence electrons. The van der Waals surface area contributed by atoms with Gasteiger partial charge in [0, 0.05) is 8.80 Å². The molecule has 0 bridgehead atoms. The Kier molecular flexibility index (Phi) is 3.95. The molecule has 0 unspecified atom stereocenters. The molecule has 1 aliphatic heterocycles. The lowest BCUT2D eigenvalue weighted by molar-refractivity contribution is 1.02. The highest BCUT2D eigenvalue weighted by atomic mass is 35.7. The first-order valence-corrected chi connectivity index (χ1v) is 11.4. The molecule has 0 aromatic heterocycles. The van der Waals surface area contributed by atoms with Crippen molar-refractivity contribution in [2.24, 2.45) is 0 Å². The molecule has 0 aromatic carbocycles. The maximum Gasteiger partial charge on any atom is 0.250 e. The number of hydrogen-bond acceptors (Lipinski definition) is 0. The minimum absolute atomic E-state index is 0.342. The van der Waals surface area contributed by atoms with Crippen LogP contribution in [0.25, 0.3) is 0 Å². The molecule has 4 heteroatoms. The highest BCUT2D eigenvalue weighted by Gasteiger charge is 2.34. The third-order valence-corrected chi connectivity index (χ3v) is 11.6. The van der Waals surface area contributed by atoms with E-state index in [9.17, 15) is 0 Å². The van der Waals surface area contributed by atoms with Gasteiger partial charge in [0.2, 0.25) is 0 Å². The fourth-order valence-electron chi connectivity index (χ4n) is 1.80. The van der Waals surface area contributed by atoms with E-state index in [-0.39, 0.29) is 8.80 Å². The van der Waals surface area contributed by atoms with E-state index in [4.69, 9.17) is 22.2 Å². The predicted octanol–water partition coefficient (Wildman–Crippen LogP) is 3.56. The van der Waals surface area contributed by atoms with Gasteiger partial charge >= 0.3 is 0 Å². The van der Waals surface area contributed by atoms with E-state index in [1.807, 2.05) is 0 Å². The third kappa shape index (κ3) is 3.49. The molecule has 0 aromatic rings. The van der Waals surface area contributed by atoms with Gasteiger partial charge in [-0.3, -0.25) is 0 Å². The summed E-state index contributed by atoms with van der Waals surface area (Å²) in [4.78, 5) is 0. The summed E-state index contributed by atoms with van der Waals surface area (Å²) in [7, 11) is -0.342. The van der Waals surface area contributed by atoms with Crippen molar-refractivity contribution in [1.82, 2.24) is 0 Å². The molecule has 11 heavy (non-hydrogen) atoms. The van der Waals surface area contributed by atoms with Crippen molar-refractivity contribution in [1.29, 1.82) is 0 Å². The van der Waals surface area contributed by atoms with Gasteiger partial charge in [-0.05, 0) is 12.1 Å². The lowest BCUT2D eigenvalue weighted by Gasteiger charge is -2.27. The zero-order valence-electron chi connectivity index (χ0n) is 7.08. The Morgan fingerprint density at radius 3 is 2.27 bits per heavy atom. The topological polar surface area (TPSA) is 0 Å². The van der Waals surface area contributed by atoms with Crippen LogP contribution in [0, 0.1) is 0 Å². The third-order valence-electron chi connectivity index (χ3n) is 2.53. The Morgan fingerprint density at radius 2 is 1.82 bits per heavy atom. The van der Waals surface area contributed by atoms with Gasteiger partial charge in [-0.15, -0.1) is 22.2 Å². The van der Waals surface area contributed by atoms with Gasteiger partial charge in [0.25, 0.3) is 6.69 Å². The maximum atomic E-state index is 6.16. The molecule has 0 radical (unpaired) electrons. The normalized spacial score (nSPS) is 25.4. The Balaban J connectivity index is 2.25. The lowest BCUT2D eigenvalue weighted by atomic mass is 10.6. The summed E-state index contributed by atoms with van der Waals surface area (Å²) in [5.41, 5.74) is 0. The fraction of sp³-hybridized carbons (Fsp3) is 1.00. The standard InChI is InChI=1S/C7H16Cl2Si2/c1-2-3-10-4-6-11(8,9)7-5-10/h10H,2-7H2,1H3. The van der Waals surface area contributed by atoms with Crippen molar-refractivity contribution in [3.8, 4) is 0 Å². The van der Waals surface area contributed by atoms with E-state index in [0.717, 1.165) is 0 Å². The fourth-order valence-corrected chi connectivity index (χ4v) is 14.3. The maximum absolute atomic E-state index is 6.16. The van der Waals surface area contributed by atoms with E-state index in [1.165, 1.54) is 36.6 Å². The van der Waals surface area contributed by atoms with Crippen LogP contribution in [0.5, 0.6) is 0 Å². The molecule has 1 heterocycles. The van der Waals surface area contributed by atoms with Crippen molar-refractivity contribution in [3.05, 3.63) is 0 Å². The quantitative estimate of drug-likeness (QED) is 0.500. The first-order chi connectivity index (χ1) is 5.14. The lowest BCUT2D eigenvalue weighted by Crippen LogP contribution is -2.30. The predicted molar refractivity (Wildman–Crippen MR) is 58.9 cm³/mol. The first kappa shape index (κ1) is 10.1. The zero-order chi connectivity index (χ0) is 8.32. The second kappa shape index (κ2) is 4.31. The Hall–Kier alpha value is 1.01. The number of hydrogen-bond donors (Lipinski definition) is 0. The molecule has 1 fully saturated rings. The van der Waals surface area contributed by atoms with Crippen LogP contribution in [-0.2, 0) is 0 Å². The highest BCUT2D eigenvalue weighted by molar-refractivity contribution is 7.45. The van der Waals surface area contributed by atoms with Crippen LogP contribution in [0.1, 0.15) is 13.3 Å². The van der Waals surface area contributed by atoms with Gasteiger partial charge in [-0.2, -0.15) is 0 Å². The molecule has 0 amide bonds. The molecule has 0 saturated carbocycles. The average molecular weight is 227 g/mol. The molecule has 0 N–H and O–H groups in total. The molecular formula is C7H16Cl2Si2. The summed E-state index contributed by atoms with van der Waals surface area (Å²) in [5.74, 6) is 0. The summed E-state index contributed by atoms with van der Waals surface area (Å²) < 4.78 is 0. The highest BCUT2D eigenvalue weighted by Crippen LogP contribution is 2.36. The van der Waals surface area contributed by atoms with Crippen molar-refractivity contribution in [3.63, 3.8) is 0 Å². The van der Waals surface area contributed by atoms with Crippen LogP contribution in [0.3, 0.4) is 0 Å². The van der Waals surface area contributed by atoms with Crippen LogP contribution in [-0.4, -0.2) is 15.5 Å². The van der Waals surface area contributed by atoms with Crippen LogP contribution >= 0.6 is 22.2 Å². The molecule has 0 nitrogen and oxygen atoms in total. The molecule has 1 aliphatic rings. The summed E-state index contributed by atoms with van der Waals surface area (Å²) in [6, 6.07) is 6.73. The van der Waals surface area contributed by atoms with E-state index < -0.39 is 6.69 Å². The minimum atomic E-state index is -1.68. The first-order valence-electron chi connectivity index (χ1n) is 4.52. The van der Waals surface area contributed by atoms with Crippen molar-refractivity contribution < 1.29 is 0 Å². The Labute approximate surface area is 81.3 Å². The second-order valence-electron chi connectivity index (χ2n) is 3.59. The second-order valence-corrected chi connectivity index (χ2v) is 14.7. The van der Waals surface area contributed by atoms with Gasteiger partial charge in [-0.25, -0.2) is 0 Å². The molecule has 0 atom stereocenters.